The Bertz CT molecular complexity index is 471. The fourth-order valence-electron chi connectivity index (χ4n) is 1.95. The van der Waals surface area contributed by atoms with E-state index in [2.05, 4.69) is 5.32 Å². The lowest BCUT2D eigenvalue weighted by Crippen LogP contribution is -2.44. The summed E-state index contributed by atoms with van der Waals surface area (Å²) < 4.78 is 26.7. The number of benzene rings is 1. The predicted octanol–water partition coefficient (Wildman–Crippen LogP) is 1.83. The summed E-state index contributed by atoms with van der Waals surface area (Å²) in [5, 5.41) is 2.50. The molecular weight excluding hydrogens is 260 g/mol. The van der Waals surface area contributed by atoms with Gasteiger partial charge in [0.2, 0.25) is 10.0 Å². The molecule has 1 rings (SSSR count). The van der Waals surface area contributed by atoms with Crippen molar-refractivity contribution in [2.24, 2.45) is 0 Å². The van der Waals surface area contributed by atoms with Crippen molar-refractivity contribution in [3.63, 3.8) is 0 Å². The first kappa shape index (κ1) is 16.1. The summed E-state index contributed by atoms with van der Waals surface area (Å²) in [6.45, 7) is 6.45. The van der Waals surface area contributed by atoms with E-state index in [1.54, 1.807) is 18.3 Å². The third-order valence-electron chi connectivity index (χ3n) is 3.08. The number of nitrogens with one attached hydrogen (secondary N) is 1. The van der Waals surface area contributed by atoms with Gasteiger partial charge in [0.15, 0.2) is 0 Å². The third kappa shape index (κ3) is 4.30. The van der Waals surface area contributed by atoms with Gasteiger partial charge in [-0.3, -0.25) is 0 Å². The molecule has 1 N–H and O–H groups in total. The van der Waals surface area contributed by atoms with Gasteiger partial charge in [0, 0.05) is 19.1 Å². The Balaban J connectivity index is 2.95. The molecule has 4 nitrogen and oxygen atoms in total. The van der Waals surface area contributed by atoms with Crippen molar-refractivity contribution < 1.29 is 8.42 Å². The first-order chi connectivity index (χ1) is 8.89. The van der Waals surface area contributed by atoms with Crippen molar-refractivity contribution in [1.29, 1.82) is 0 Å². The molecule has 108 valence electrons. The Morgan fingerprint density at radius 1 is 1.16 bits per heavy atom. The van der Waals surface area contributed by atoms with E-state index in [1.807, 2.05) is 44.2 Å². The Morgan fingerprint density at radius 3 is 2.21 bits per heavy atom. The molecule has 1 aromatic carbocycles. The van der Waals surface area contributed by atoms with E-state index < -0.39 is 15.3 Å². The maximum atomic E-state index is 12.6. The first-order valence-electron chi connectivity index (χ1n) is 6.58. The van der Waals surface area contributed by atoms with E-state index in [4.69, 9.17) is 0 Å². The van der Waals surface area contributed by atoms with Crippen molar-refractivity contribution in [3.8, 4) is 0 Å². The first-order valence-corrected chi connectivity index (χ1v) is 8.09. The highest BCUT2D eigenvalue weighted by Crippen LogP contribution is 2.17. The number of rotatable bonds is 7. The van der Waals surface area contributed by atoms with Crippen LogP contribution < -0.4 is 5.32 Å². The van der Waals surface area contributed by atoms with Crippen LogP contribution in [-0.2, 0) is 16.6 Å². The highest BCUT2D eigenvalue weighted by atomic mass is 32.2. The van der Waals surface area contributed by atoms with Gasteiger partial charge in [-0.1, -0.05) is 30.3 Å². The molecule has 1 aromatic rings. The fraction of sp³-hybridized carbons (Fsp3) is 0.571. The average Bonchev–Trinajstić information content (AvgIpc) is 2.37. The molecule has 19 heavy (non-hydrogen) atoms. The van der Waals surface area contributed by atoms with E-state index >= 15 is 0 Å². The van der Waals surface area contributed by atoms with Crippen molar-refractivity contribution >= 4 is 10.0 Å². The van der Waals surface area contributed by atoms with Crippen LogP contribution >= 0.6 is 0 Å². The van der Waals surface area contributed by atoms with Crippen LogP contribution in [0.3, 0.4) is 0 Å². The molecule has 0 aliphatic heterocycles. The third-order valence-corrected chi connectivity index (χ3v) is 5.47. The Kier molecular flexibility index (Phi) is 5.97. The van der Waals surface area contributed by atoms with Gasteiger partial charge >= 0.3 is 0 Å². The molecule has 0 saturated heterocycles. The molecule has 1 atom stereocenters. The molecule has 0 spiro atoms. The van der Waals surface area contributed by atoms with Crippen LogP contribution in [0, 0.1) is 0 Å². The zero-order chi connectivity index (χ0) is 14.5. The van der Waals surface area contributed by atoms with Gasteiger partial charge < -0.3 is 5.32 Å². The van der Waals surface area contributed by atoms with Crippen LogP contribution in [0.15, 0.2) is 30.3 Å². The van der Waals surface area contributed by atoms with Crippen LogP contribution in [0.5, 0.6) is 0 Å². The monoisotopic (exact) mass is 284 g/mol. The highest BCUT2D eigenvalue weighted by molar-refractivity contribution is 7.89. The van der Waals surface area contributed by atoms with E-state index in [1.165, 1.54) is 0 Å². The summed E-state index contributed by atoms with van der Waals surface area (Å²) in [6, 6.07) is 9.64. The van der Waals surface area contributed by atoms with E-state index in [-0.39, 0.29) is 6.04 Å². The average molecular weight is 284 g/mol. The largest absolute Gasteiger partial charge is 0.318 e. The van der Waals surface area contributed by atoms with Crippen LogP contribution in [0.4, 0.5) is 0 Å². The zero-order valence-corrected chi connectivity index (χ0v) is 12.9. The van der Waals surface area contributed by atoms with Crippen LogP contribution in [-0.4, -0.2) is 37.6 Å². The van der Waals surface area contributed by atoms with Crippen LogP contribution in [0.2, 0.25) is 0 Å². The summed E-state index contributed by atoms with van der Waals surface area (Å²) >= 11 is 0. The second kappa shape index (κ2) is 7.03. The van der Waals surface area contributed by atoms with Gasteiger partial charge in [-0.25, -0.2) is 8.42 Å². The van der Waals surface area contributed by atoms with Gasteiger partial charge in [-0.05, 0) is 33.4 Å². The van der Waals surface area contributed by atoms with Crippen molar-refractivity contribution in [3.05, 3.63) is 35.9 Å². The number of sulfonamides is 1. The molecule has 0 heterocycles. The molecular formula is C14H24N2O2S. The number of nitrogens with zero attached hydrogens (tertiary/aromatic N) is 1. The maximum Gasteiger partial charge on any atom is 0.218 e. The lowest BCUT2D eigenvalue weighted by Gasteiger charge is -2.29. The van der Waals surface area contributed by atoms with Gasteiger partial charge in [-0.2, -0.15) is 4.31 Å². The van der Waals surface area contributed by atoms with Crippen LogP contribution in [0.25, 0.3) is 0 Å². The molecule has 0 amide bonds. The molecule has 0 aliphatic rings. The molecule has 0 aliphatic carbocycles. The number of hydrogen-bond donors (Lipinski definition) is 1. The SMILES string of the molecule is CNCC(C)S(=O)(=O)N(Cc1ccccc1)C(C)C. The van der Waals surface area contributed by atoms with E-state index in [9.17, 15) is 8.42 Å². The normalized spacial score (nSPS) is 14.0. The minimum atomic E-state index is -3.29. The molecule has 0 saturated carbocycles. The highest BCUT2D eigenvalue weighted by Gasteiger charge is 2.30. The second-order valence-electron chi connectivity index (χ2n) is 5.04. The molecule has 0 radical (unpaired) electrons. The Hall–Kier alpha value is -0.910. The predicted molar refractivity (Wildman–Crippen MR) is 79.4 cm³/mol. The van der Waals surface area contributed by atoms with Crippen molar-refractivity contribution in [1.82, 2.24) is 9.62 Å². The summed E-state index contributed by atoms with van der Waals surface area (Å²) in [7, 11) is -1.52. The Labute approximate surface area is 116 Å². The topological polar surface area (TPSA) is 49.4 Å². The molecule has 0 aromatic heterocycles. The van der Waals surface area contributed by atoms with E-state index in [0.717, 1.165) is 5.56 Å². The standard InChI is InChI=1S/C14H24N2O2S/c1-12(2)16(11-14-8-6-5-7-9-14)19(17,18)13(3)10-15-4/h5-9,12-13,15H,10-11H2,1-4H3. The van der Waals surface area contributed by atoms with Crippen molar-refractivity contribution in [2.75, 3.05) is 13.6 Å². The summed E-state index contributed by atoms with van der Waals surface area (Å²) in [5.74, 6) is 0. The Morgan fingerprint density at radius 2 is 1.74 bits per heavy atom. The smallest absolute Gasteiger partial charge is 0.218 e. The molecule has 1 unspecified atom stereocenters. The summed E-state index contributed by atoms with van der Waals surface area (Å²) in [5.41, 5.74) is 1.01. The second-order valence-corrected chi connectivity index (χ2v) is 7.34. The lowest BCUT2D eigenvalue weighted by molar-refractivity contribution is 0.343. The van der Waals surface area contributed by atoms with Gasteiger partial charge in [0.25, 0.3) is 0 Å². The van der Waals surface area contributed by atoms with Gasteiger partial charge in [0.1, 0.15) is 0 Å². The zero-order valence-electron chi connectivity index (χ0n) is 12.1. The maximum absolute atomic E-state index is 12.6. The quantitative estimate of drug-likeness (QED) is 0.831. The molecule has 0 fully saturated rings. The minimum Gasteiger partial charge on any atom is -0.318 e. The summed E-state index contributed by atoms with van der Waals surface area (Å²) in [4.78, 5) is 0. The fourth-order valence-corrected chi connectivity index (χ4v) is 3.71. The van der Waals surface area contributed by atoms with Crippen molar-refractivity contribution in [2.45, 2.75) is 38.6 Å². The summed E-state index contributed by atoms with van der Waals surface area (Å²) in [6.07, 6.45) is 0. The van der Waals surface area contributed by atoms with Crippen LogP contribution in [0.1, 0.15) is 26.3 Å². The van der Waals surface area contributed by atoms with Gasteiger partial charge in [-0.15, -0.1) is 0 Å². The molecule has 5 heteroatoms. The number of hydrogen-bond acceptors (Lipinski definition) is 3. The molecule has 0 bridgehead atoms. The lowest BCUT2D eigenvalue weighted by atomic mass is 10.2. The van der Waals surface area contributed by atoms with Gasteiger partial charge in [0.05, 0.1) is 5.25 Å². The minimum absolute atomic E-state index is 0.0514. The van der Waals surface area contributed by atoms with E-state index in [0.29, 0.717) is 13.1 Å².